The number of nitrogens with zero attached hydrogens (tertiary/aromatic N) is 3. The van der Waals surface area contributed by atoms with Gasteiger partial charge in [0.25, 0.3) is 5.91 Å². The second-order valence-corrected chi connectivity index (χ2v) is 5.84. The van der Waals surface area contributed by atoms with Crippen LogP contribution in [0, 0.1) is 0 Å². The average molecular weight is 349 g/mol. The molecule has 0 saturated heterocycles. The molecule has 0 aliphatic carbocycles. The first kappa shape index (κ1) is 17.3. The van der Waals surface area contributed by atoms with Gasteiger partial charge in [0.05, 0.1) is 0 Å². The monoisotopic (exact) mass is 349 g/mol. The molecule has 0 fully saturated rings. The normalized spacial score (nSPS) is 11.6. The van der Waals surface area contributed by atoms with Crippen molar-refractivity contribution in [2.45, 2.75) is 13.0 Å². The van der Waals surface area contributed by atoms with Crippen molar-refractivity contribution in [1.29, 1.82) is 0 Å². The minimum atomic E-state index is -0.429. The van der Waals surface area contributed by atoms with E-state index in [0.29, 0.717) is 17.1 Å². The van der Waals surface area contributed by atoms with Gasteiger partial charge in [-0.15, -0.1) is 0 Å². The van der Waals surface area contributed by atoms with E-state index in [4.69, 9.17) is 0 Å². The van der Waals surface area contributed by atoms with Crippen molar-refractivity contribution in [2.24, 2.45) is 7.05 Å². The van der Waals surface area contributed by atoms with Crippen LogP contribution in [0.4, 0.5) is 5.69 Å². The molecule has 2 aromatic heterocycles. The molecule has 0 bridgehead atoms. The predicted octanol–water partition coefficient (Wildman–Crippen LogP) is 2.29. The van der Waals surface area contributed by atoms with E-state index in [1.165, 1.54) is 6.92 Å². The van der Waals surface area contributed by atoms with E-state index in [9.17, 15) is 9.59 Å². The van der Waals surface area contributed by atoms with Crippen LogP contribution in [0.2, 0.25) is 0 Å². The number of imidazole rings is 1. The third kappa shape index (κ3) is 3.94. The van der Waals surface area contributed by atoms with Gasteiger partial charge in [-0.3, -0.25) is 14.6 Å². The van der Waals surface area contributed by atoms with E-state index in [-0.39, 0.29) is 11.8 Å². The van der Waals surface area contributed by atoms with E-state index < -0.39 is 6.04 Å². The highest BCUT2D eigenvalue weighted by Crippen LogP contribution is 2.23. The van der Waals surface area contributed by atoms with E-state index in [0.717, 1.165) is 5.56 Å². The zero-order chi connectivity index (χ0) is 18.5. The Hall–Kier alpha value is -3.48. The fraction of sp³-hybridized carbons (Fsp3) is 0.158. The zero-order valence-corrected chi connectivity index (χ0v) is 14.5. The van der Waals surface area contributed by atoms with Crippen molar-refractivity contribution in [3.05, 3.63) is 78.1 Å². The van der Waals surface area contributed by atoms with Crippen molar-refractivity contribution >= 4 is 17.5 Å². The maximum Gasteiger partial charge on any atom is 0.252 e. The molecular weight excluding hydrogens is 330 g/mol. The second kappa shape index (κ2) is 7.60. The Morgan fingerprint density at radius 1 is 1.04 bits per heavy atom. The number of anilines is 1. The van der Waals surface area contributed by atoms with Crippen LogP contribution >= 0.6 is 0 Å². The van der Waals surface area contributed by atoms with Gasteiger partial charge in [0.2, 0.25) is 5.91 Å². The number of aryl methyl sites for hydroxylation is 1. The lowest BCUT2D eigenvalue weighted by atomic mass is 10.0. The topological polar surface area (TPSA) is 88.9 Å². The highest BCUT2D eigenvalue weighted by atomic mass is 16.2. The SMILES string of the molecule is CC(=O)Nc1ccc(C(NC(=O)c2ccncc2)c2nccn2C)cc1. The van der Waals surface area contributed by atoms with Crippen LogP contribution in [0.25, 0.3) is 0 Å². The van der Waals surface area contributed by atoms with Crippen LogP contribution in [0.1, 0.15) is 34.7 Å². The summed E-state index contributed by atoms with van der Waals surface area (Å²) in [4.78, 5) is 32.1. The van der Waals surface area contributed by atoms with Crippen LogP contribution in [-0.2, 0) is 11.8 Å². The molecule has 1 unspecified atom stereocenters. The molecule has 132 valence electrons. The largest absolute Gasteiger partial charge is 0.338 e. The Morgan fingerprint density at radius 3 is 2.31 bits per heavy atom. The second-order valence-electron chi connectivity index (χ2n) is 5.84. The predicted molar refractivity (Wildman–Crippen MR) is 97.5 cm³/mol. The van der Waals surface area contributed by atoms with Crippen molar-refractivity contribution in [3.8, 4) is 0 Å². The van der Waals surface area contributed by atoms with Gasteiger partial charge >= 0.3 is 0 Å². The number of hydrogen-bond acceptors (Lipinski definition) is 4. The molecule has 1 aromatic carbocycles. The summed E-state index contributed by atoms with van der Waals surface area (Å²) in [5, 5.41) is 5.75. The first-order chi connectivity index (χ1) is 12.5. The zero-order valence-electron chi connectivity index (χ0n) is 14.5. The summed E-state index contributed by atoms with van der Waals surface area (Å²) in [5.74, 6) is 0.357. The number of pyridine rings is 1. The van der Waals surface area contributed by atoms with Gasteiger partial charge in [0.1, 0.15) is 11.9 Å². The summed E-state index contributed by atoms with van der Waals surface area (Å²) in [5.41, 5.74) is 2.07. The summed E-state index contributed by atoms with van der Waals surface area (Å²) in [7, 11) is 1.87. The van der Waals surface area contributed by atoms with Crippen molar-refractivity contribution in [3.63, 3.8) is 0 Å². The Kier molecular flexibility index (Phi) is 5.07. The highest BCUT2D eigenvalue weighted by molar-refractivity contribution is 5.94. The first-order valence-electron chi connectivity index (χ1n) is 8.10. The van der Waals surface area contributed by atoms with Gasteiger partial charge in [0, 0.05) is 50.0 Å². The van der Waals surface area contributed by atoms with E-state index in [2.05, 4.69) is 20.6 Å². The van der Waals surface area contributed by atoms with Gasteiger partial charge in [-0.25, -0.2) is 4.98 Å². The molecule has 7 heteroatoms. The lowest BCUT2D eigenvalue weighted by molar-refractivity contribution is -0.114. The van der Waals surface area contributed by atoms with Crippen LogP contribution in [-0.4, -0.2) is 26.3 Å². The molecule has 3 rings (SSSR count). The van der Waals surface area contributed by atoms with E-state index >= 15 is 0 Å². The standard InChI is InChI=1S/C19H19N5O2/c1-13(25)22-16-5-3-14(4-6-16)17(18-21-11-12-24(18)2)23-19(26)15-7-9-20-10-8-15/h3-12,17H,1-2H3,(H,22,25)(H,23,26). The minimum absolute atomic E-state index is 0.135. The van der Waals surface area contributed by atoms with Crippen molar-refractivity contribution in [2.75, 3.05) is 5.32 Å². The van der Waals surface area contributed by atoms with Crippen molar-refractivity contribution < 1.29 is 9.59 Å². The summed E-state index contributed by atoms with van der Waals surface area (Å²) in [6.45, 7) is 1.46. The molecule has 3 aromatic rings. The van der Waals surface area contributed by atoms with Gasteiger partial charge in [-0.1, -0.05) is 12.1 Å². The molecule has 2 heterocycles. The molecule has 7 nitrogen and oxygen atoms in total. The Morgan fingerprint density at radius 2 is 1.73 bits per heavy atom. The Balaban J connectivity index is 1.90. The molecule has 2 N–H and O–H groups in total. The number of carbonyl (C=O) groups is 2. The quantitative estimate of drug-likeness (QED) is 0.740. The summed E-state index contributed by atoms with van der Waals surface area (Å²) in [6.07, 6.45) is 6.67. The Labute approximate surface area is 151 Å². The fourth-order valence-electron chi connectivity index (χ4n) is 2.63. The molecule has 0 aliphatic heterocycles. The van der Waals surface area contributed by atoms with Crippen LogP contribution in [0.3, 0.4) is 0 Å². The minimum Gasteiger partial charge on any atom is -0.338 e. The molecule has 0 aliphatic rings. The van der Waals surface area contributed by atoms with Crippen LogP contribution in [0.15, 0.2) is 61.2 Å². The summed E-state index contributed by atoms with van der Waals surface area (Å²) < 4.78 is 1.86. The third-order valence-electron chi connectivity index (χ3n) is 3.90. The highest BCUT2D eigenvalue weighted by Gasteiger charge is 2.21. The van der Waals surface area contributed by atoms with E-state index in [1.54, 1.807) is 42.9 Å². The molecule has 0 saturated carbocycles. The first-order valence-corrected chi connectivity index (χ1v) is 8.10. The number of rotatable bonds is 5. The van der Waals surface area contributed by atoms with E-state index in [1.807, 2.05) is 29.9 Å². The Bertz CT molecular complexity index is 903. The van der Waals surface area contributed by atoms with Crippen molar-refractivity contribution in [1.82, 2.24) is 19.9 Å². The number of aromatic nitrogens is 3. The molecule has 0 spiro atoms. The number of hydrogen-bond donors (Lipinski definition) is 2. The molecule has 2 amide bonds. The van der Waals surface area contributed by atoms with Gasteiger partial charge in [-0.05, 0) is 29.8 Å². The summed E-state index contributed by atoms with van der Waals surface area (Å²) >= 11 is 0. The summed E-state index contributed by atoms with van der Waals surface area (Å²) in [6, 6.07) is 10.2. The maximum atomic E-state index is 12.6. The molecular formula is C19H19N5O2. The maximum absolute atomic E-state index is 12.6. The number of nitrogens with one attached hydrogen (secondary N) is 2. The van der Waals surface area contributed by atoms with Crippen LogP contribution in [0.5, 0.6) is 0 Å². The third-order valence-corrected chi connectivity index (χ3v) is 3.90. The smallest absolute Gasteiger partial charge is 0.252 e. The lowest BCUT2D eigenvalue weighted by Crippen LogP contribution is -2.31. The number of carbonyl (C=O) groups excluding carboxylic acids is 2. The molecule has 1 atom stereocenters. The number of amides is 2. The molecule has 26 heavy (non-hydrogen) atoms. The molecule has 0 radical (unpaired) electrons. The number of benzene rings is 1. The van der Waals surface area contributed by atoms with Crippen LogP contribution < -0.4 is 10.6 Å². The lowest BCUT2D eigenvalue weighted by Gasteiger charge is -2.19. The van der Waals surface area contributed by atoms with Gasteiger partial charge < -0.3 is 15.2 Å². The average Bonchev–Trinajstić information content (AvgIpc) is 3.06. The van der Waals surface area contributed by atoms with Gasteiger partial charge in [0.15, 0.2) is 0 Å². The fourth-order valence-corrected chi connectivity index (χ4v) is 2.63. The van der Waals surface area contributed by atoms with Gasteiger partial charge in [-0.2, -0.15) is 0 Å².